The summed E-state index contributed by atoms with van der Waals surface area (Å²) in [6.45, 7) is 8.14. The van der Waals surface area contributed by atoms with Gasteiger partial charge in [-0.15, -0.1) is 0 Å². The van der Waals surface area contributed by atoms with Crippen LogP contribution in [0.3, 0.4) is 0 Å². The van der Waals surface area contributed by atoms with Crippen LogP contribution < -0.4 is 0 Å². The van der Waals surface area contributed by atoms with E-state index >= 15 is 0 Å². The van der Waals surface area contributed by atoms with Crippen molar-refractivity contribution < 1.29 is 14.6 Å². The van der Waals surface area contributed by atoms with Gasteiger partial charge in [0.05, 0.1) is 12.8 Å². The fraction of sp³-hybridized carbons (Fsp3) is 0.333. The van der Waals surface area contributed by atoms with Crippen LogP contribution >= 0.6 is 0 Å². The summed E-state index contributed by atoms with van der Waals surface area (Å²) in [6.07, 6.45) is 1.75. The summed E-state index contributed by atoms with van der Waals surface area (Å²) in [5.41, 5.74) is 3.20. The normalized spacial score (nSPS) is 17.0. The Bertz CT molecular complexity index is 686. The van der Waals surface area contributed by atoms with E-state index in [1.54, 1.807) is 13.0 Å². The van der Waals surface area contributed by atoms with E-state index in [9.17, 15) is 9.90 Å². The molecule has 1 aliphatic rings. The highest BCUT2D eigenvalue weighted by molar-refractivity contribution is 6.21. The molecule has 1 aromatic carbocycles. The predicted molar refractivity (Wildman–Crippen MR) is 87.9 cm³/mol. The van der Waals surface area contributed by atoms with Crippen LogP contribution in [0, 0.1) is 0 Å². The Balaban J connectivity index is 2.35. The van der Waals surface area contributed by atoms with E-state index in [1.165, 1.54) is 12.7 Å². The third-order valence-electron chi connectivity index (χ3n) is 3.60. The molecule has 4 heteroatoms. The Kier molecular flexibility index (Phi) is 4.22. The second kappa shape index (κ2) is 5.79. The molecule has 4 nitrogen and oxygen atoms in total. The average molecular weight is 299 g/mol. The molecule has 0 aliphatic carbocycles. The topological polar surface area (TPSA) is 58.9 Å². The summed E-state index contributed by atoms with van der Waals surface area (Å²) >= 11 is 0. The second-order valence-corrected chi connectivity index (χ2v) is 6.31. The maximum absolute atomic E-state index is 11.6. The lowest BCUT2D eigenvalue weighted by Gasteiger charge is -2.18. The lowest BCUT2D eigenvalue weighted by molar-refractivity contribution is -0.135. The molecule has 0 bridgehead atoms. The Labute approximate surface area is 130 Å². The molecule has 0 aromatic heterocycles. The van der Waals surface area contributed by atoms with Gasteiger partial charge in [-0.25, -0.2) is 9.79 Å². The summed E-state index contributed by atoms with van der Waals surface area (Å²) in [4.78, 5) is 15.9. The van der Waals surface area contributed by atoms with Gasteiger partial charge < -0.3 is 9.84 Å². The smallest absolute Gasteiger partial charge is 0.343 e. The molecule has 22 heavy (non-hydrogen) atoms. The minimum Gasteiger partial charge on any atom is -0.505 e. The third kappa shape index (κ3) is 3.11. The highest BCUT2D eigenvalue weighted by Crippen LogP contribution is 2.27. The van der Waals surface area contributed by atoms with Gasteiger partial charge in [0, 0.05) is 0 Å². The highest BCUT2D eigenvalue weighted by Gasteiger charge is 2.27. The zero-order valence-electron chi connectivity index (χ0n) is 13.6. The van der Waals surface area contributed by atoms with E-state index in [4.69, 9.17) is 0 Å². The number of esters is 1. The number of hydrogen-bond donors (Lipinski definition) is 1. The zero-order valence-corrected chi connectivity index (χ0v) is 13.6. The highest BCUT2D eigenvalue weighted by atomic mass is 16.5. The molecular weight excluding hydrogens is 278 g/mol. The molecule has 0 radical (unpaired) electrons. The molecule has 0 fully saturated rings. The van der Waals surface area contributed by atoms with Crippen molar-refractivity contribution in [2.75, 3.05) is 7.11 Å². The van der Waals surface area contributed by atoms with Crippen molar-refractivity contribution in [3.05, 3.63) is 52.4 Å². The molecule has 1 aromatic rings. The predicted octanol–water partition coefficient (Wildman–Crippen LogP) is 3.78. The van der Waals surface area contributed by atoms with Gasteiger partial charge in [0.15, 0.2) is 5.76 Å². The van der Waals surface area contributed by atoms with Crippen LogP contribution in [0.2, 0.25) is 0 Å². The van der Waals surface area contributed by atoms with Gasteiger partial charge in [-0.3, -0.25) is 0 Å². The molecule has 0 amide bonds. The number of carbonyl (C=O) groups excluding carboxylic acids is 1. The first kappa shape index (κ1) is 16.0. The van der Waals surface area contributed by atoms with Crippen molar-refractivity contribution in [3.63, 3.8) is 0 Å². The number of hydrogen-bond acceptors (Lipinski definition) is 4. The monoisotopic (exact) mass is 299 g/mol. The minimum absolute atomic E-state index is 0.0911. The van der Waals surface area contributed by atoms with Crippen molar-refractivity contribution in [3.8, 4) is 0 Å². The first-order chi connectivity index (χ1) is 10.2. The van der Waals surface area contributed by atoms with Gasteiger partial charge >= 0.3 is 5.97 Å². The molecule has 0 unspecified atom stereocenters. The molecule has 0 spiro atoms. The summed E-state index contributed by atoms with van der Waals surface area (Å²) in [7, 11) is 1.28. The molecule has 116 valence electrons. The number of aliphatic hydroxyl groups excluding tert-OH is 1. The molecule has 0 saturated heterocycles. The fourth-order valence-corrected chi connectivity index (χ4v) is 2.27. The first-order valence-electron chi connectivity index (χ1n) is 7.14. The lowest BCUT2D eigenvalue weighted by Crippen LogP contribution is -2.11. The van der Waals surface area contributed by atoms with E-state index in [0.717, 1.165) is 5.56 Å². The van der Waals surface area contributed by atoms with E-state index in [-0.39, 0.29) is 16.7 Å². The Morgan fingerprint density at radius 1 is 1.23 bits per heavy atom. The molecule has 2 rings (SSSR count). The zero-order chi connectivity index (χ0) is 16.5. The molecule has 1 aliphatic heterocycles. The fourth-order valence-electron chi connectivity index (χ4n) is 2.27. The van der Waals surface area contributed by atoms with Gasteiger partial charge in [-0.2, -0.15) is 0 Å². The number of methoxy groups -OCH3 is 1. The van der Waals surface area contributed by atoms with Crippen LogP contribution in [0.1, 0.15) is 38.8 Å². The second-order valence-electron chi connectivity index (χ2n) is 6.31. The summed E-state index contributed by atoms with van der Waals surface area (Å²) in [5, 5.41) is 10.2. The van der Waals surface area contributed by atoms with Gasteiger partial charge in [0.1, 0.15) is 11.3 Å². The van der Waals surface area contributed by atoms with Gasteiger partial charge in [-0.05, 0) is 29.5 Å². The van der Waals surface area contributed by atoms with Crippen molar-refractivity contribution in [2.24, 2.45) is 4.99 Å². The summed E-state index contributed by atoms with van der Waals surface area (Å²) in [6, 6.07) is 8.06. The van der Waals surface area contributed by atoms with Crippen molar-refractivity contribution in [1.82, 2.24) is 0 Å². The van der Waals surface area contributed by atoms with E-state index < -0.39 is 5.97 Å². The van der Waals surface area contributed by atoms with Gasteiger partial charge in [0.25, 0.3) is 0 Å². The molecule has 1 N–H and O–H groups in total. The number of rotatable bonds is 2. The van der Waals surface area contributed by atoms with Crippen LogP contribution in [0.5, 0.6) is 0 Å². The summed E-state index contributed by atoms with van der Waals surface area (Å²) in [5.74, 6) is -0.713. The summed E-state index contributed by atoms with van der Waals surface area (Å²) < 4.78 is 4.66. The lowest BCUT2D eigenvalue weighted by atomic mass is 9.87. The Morgan fingerprint density at radius 2 is 1.82 bits per heavy atom. The van der Waals surface area contributed by atoms with Crippen molar-refractivity contribution in [1.29, 1.82) is 0 Å². The van der Waals surface area contributed by atoms with E-state index in [0.29, 0.717) is 11.4 Å². The van der Waals surface area contributed by atoms with Gasteiger partial charge in [0.2, 0.25) is 0 Å². The number of ether oxygens (including phenoxy) is 1. The van der Waals surface area contributed by atoms with Crippen LogP contribution in [-0.4, -0.2) is 23.9 Å². The molecular formula is C18H21NO3. The van der Waals surface area contributed by atoms with Crippen LogP contribution in [-0.2, 0) is 14.9 Å². The Hall–Kier alpha value is -2.36. The quantitative estimate of drug-likeness (QED) is 0.845. The maximum Gasteiger partial charge on any atom is 0.343 e. The largest absolute Gasteiger partial charge is 0.505 e. The maximum atomic E-state index is 11.6. The van der Waals surface area contributed by atoms with E-state index in [1.807, 2.05) is 12.1 Å². The van der Waals surface area contributed by atoms with Crippen molar-refractivity contribution in [2.45, 2.75) is 33.1 Å². The number of aliphatic imine (C=N–C) groups is 1. The number of carbonyl (C=O) groups is 1. The standard InChI is InChI=1S/C18H21NO3/c1-11-15(17(21)22-5)16(20)14(19-11)10-12-6-8-13(9-7-12)18(2,3)4/h6-10,20H,1-5H3/b14-10-. The van der Waals surface area contributed by atoms with Crippen LogP contribution in [0.4, 0.5) is 0 Å². The Morgan fingerprint density at radius 3 is 2.32 bits per heavy atom. The van der Waals surface area contributed by atoms with Crippen LogP contribution in [0.15, 0.2) is 46.3 Å². The first-order valence-corrected chi connectivity index (χ1v) is 7.14. The number of aliphatic hydroxyl groups is 1. The van der Waals surface area contributed by atoms with E-state index in [2.05, 4.69) is 42.6 Å². The average Bonchev–Trinajstić information content (AvgIpc) is 2.72. The molecule has 0 saturated carbocycles. The number of nitrogens with zero attached hydrogens (tertiary/aromatic N) is 1. The minimum atomic E-state index is -0.578. The molecule has 0 atom stereocenters. The molecule has 1 heterocycles. The van der Waals surface area contributed by atoms with Gasteiger partial charge in [-0.1, -0.05) is 45.0 Å². The SMILES string of the molecule is COC(=O)C1=C(O)/C(=C/c2ccc(C(C)(C)C)cc2)N=C1C. The third-order valence-corrected chi connectivity index (χ3v) is 3.60. The van der Waals surface area contributed by atoms with Crippen molar-refractivity contribution >= 4 is 17.8 Å². The number of benzene rings is 1. The van der Waals surface area contributed by atoms with Crippen LogP contribution in [0.25, 0.3) is 6.08 Å².